The fourth-order valence-corrected chi connectivity index (χ4v) is 3.53. The fraction of sp³-hybridized carbons (Fsp3) is 0.273. The molecule has 0 spiro atoms. The van der Waals surface area contributed by atoms with Crippen molar-refractivity contribution in [3.8, 4) is 23.0 Å². The number of hydrogen-bond acceptors (Lipinski definition) is 5. The van der Waals surface area contributed by atoms with Gasteiger partial charge < -0.3 is 13.7 Å². The minimum Gasteiger partial charge on any atom is -0.451 e. The molecule has 0 atom stereocenters. The SMILES string of the molecule is CC.COCc1ccc(-c2noc(-c3cc4c(C)ccc(C)c4o3)n2)c(Br)c1. The molecule has 2 heterocycles. The molecule has 0 aliphatic carbocycles. The molecule has 0 saturated carbocycles. The van der Waals surface area contributed by atoms with E-state index in [9.17, 15) is 0 Å². The third-order valence-electron chi connectivity index (χ3n) is 4.32. The standard InChI is InChI=1S/C20H17BrN2O3.C2H6/c1-11-4-5-12(2)18-15(11)9-17(25-18)20-22-19(23-26-20)14-7-6-13(10-24-3)8-16(14)21;1-2/h4-9H,10H2,1-3H3;1-2H3. The van der Waals surface area contributed by atoms with Crippen LogP contribution in [0.4, 0.5) is 0 Å². The first-order valence-electron chi connectivity index (χ1n) is 9.18. The van der Waals surface area contributed by atoms with Gasteiger partial charge in [0.1, 0.15) is 5.58 Å². The summed E-state index contributed by atoms with van der Waals surface area (Å²) in [4.78, 5) is 4.51. The third kappa shape index (κ3) is 3.88. The van der Waals surface area contributed by atoms with E-state index in [-0.39, 0.29) is 0 Å². The van der Waals surface area contributed by atoms with E-state index in [4.69, 9.17) is 13.7 Å². The Bertz CT molecular complexity index is 1060. The van der Waals surface area contributed by atoms with Gasteiger partial charge in [0.05, 0.1) is 6.61 Å². The lowest BCUT2D eigenvalue weighted by molar-refractivity contribution is 0.185. The van der Waals surface area contributed by atoms with Crippen LogP contribution < -0.4 is 0 Å². The predicted octanol–water partition coefficient (Wildman–Crippen LogP) is 6.70. The molecule has 6 heteroatoms. The number of methoxy groups -OCH3 is 1. The number of rotatable bonds is 4. The minimum atomic E-state index is 0.364. The maximum absolute atomic E-state index is 5.97. The van der Waals surface area contributed by atoms with Gasteiger partial charge in [-0.05, 0) is 48.7 Å². The van der Waals surface area contributed by atoms with Crippen LogP contribution in [0.2, 0.25) is 0 Å². The van der Waals surface area contributed by atoms with Crippen molar-refractivity contribution in [2.75, 3.05) is 7.11 Å². The van der Waals surface area contributed by atoms with Gasteiger partial charge in [-0.3, -0.25) is 0 Å². The predicted molar refractivity (Wildman–Crippen MR) is 114 cm³/mol. The van der Waals surface area contributed by atoms with E-state index in [0.29, 0.717) is 24.1 Å². The van der Waals surface area contributed by atoms with Crippen LogP contribution in [0.1, 0.15) is 30.5 Å². The average Bonchev–Trinajstić information content (AvgIpc) is 3.35. The number of aromatic nitrogens is 2. The number of hydrogen-bond donors (Lipinski definition) is 0. The van der Waals surface area contributed by atoms with Gasteiger partial charge in [0.25, 0.3) is 5.89 Å². The fourth-order valence-electron chi connectivity index (χ4n) is 2.93. The summed E-state index contributed by atoms with van der Waals surface area (Å²) in [7, 11) is 1.67. The van der Waals surface area contributed by atoms with Gasteiger partial charge in [-0.25, -0.2) is 0 Å². The molecule has 146 valence electrons. The molecule has 0 bridgehead atoms. The number of ether oxygens (including phenoxy) is 1. The Morgan fingerprint density at radius 3 is 2.46 bits per heavy atom. The summed E-state index contributed by atoms with van der Waals surface area (Å²) in [5.41, 5.74) is 4.99. The zero-order chi connectivity index (χ0) is 20.3. The highest BCUT2D eigenvalue weighted by Gasteiger charge is 2.18. The summed E-state index contributed by atoms with van der Waals surface area (Å²) < 4.78 is 17.5. The van der Waals surface area contributed by atoms with Crippen LogP contribution >= 0.6 is 15.9 Å². The molecule has 4 aromatic rings. The van der Waals surface area contributed by atoms with Crippen molar-refractivity contribution >= 4 is 26.9 Å². The molecular weight excluding hydrogens is 420 g/mol. The molecule has 4 rings (SSSR count). The van der Waals surface area contributed by atoms with Gasteiger partial charge in [-0.2, -0.15) is 4.98 Å². The Labute approximate surface area is 172 Å². The van der Waals surface area contributed by atoms with E-state index in [2.05, 4.69) is 39.1 Å². The molecule has 0 fully saturated rings. The lowest BCUT2D eigenvalue weighted by atomic mass is 10.1. The lowest BCUT2D eigenvalue weighted by Gasteiger charge is -2.03. The van der Waals surface area contributed by atoms with Crippen molar-refractivity contribution in [3.05, 3.63) is 57.6 Å². The van der Waals surface area contributed by atoms with E-state index in [1.54, 1.807) is 7.11 Å². The molecule has 0 N–H and O–H groups in total. The molecule has 2 aromatic heterocycles. The summed E-state index contributed by atoms with van der Waals surface area (Å²) in [6.07, 6.45) is 0. The second-order valence-corrected chi connectivity index (χ2v) is 7.08. The smallest absolute Gasteiger partial charge is 0.293 e. The van der Waals surface area contributed by atoms with Crippen molar-refractivity contribution in [3.63, 3.8) is 0 Å². The molecule has 0 saturated heterocycles. The van der Waals surface area contributed by atoms with Crippen molar-refractivity contribution in [1.29, 1.82) is 0 Å². The van der Waals surface area contributed by atoms with Crippen LogP contribution in [0.15, 0.2) is 49.8 Å². The quantitative estimate of drug-likeness (QED) is 0.351. The van der Waals surface area contributed by atoms with E-state index in [1.165, 1.54) is 0 Å². The van der Waals surface area contributed by atoms with Gasteiger partial charge >= 0.3 is 0 Å². The molecule has 0 aliphatic rings. The second-order valence-electron chi connectivity index (χ2n) is 6.22. The molecule has 2 aromatic carbocycles. The van der Waals surface area contributed by atoms with Crippen molar-refractivity contribution in [2.45, 2.75) is 34.3 Å². The number of benzene rings is 2. The summed E-state index contributed by atoms with van der Waals surface area (Å²) in [5, 5.41) is 5.17. The van der Waals surface area contributed by atoms with Gasteiger partial charge in [-0.15, -0.1) is 0 Å². The summed E-state index contributed by atoms with van der Waals surface area (Å²) >= 11 is 3.57. The summed E-state index contributed by atoms with van der Waals surface area (Å²) in [6.45, 7) is 8.63. The highest BCUT2D eigenvalue weighted by atomic mass is 79.9. The number of halogens is 1. The Morgan fingerprint density at radius 2 is 1.79 bits per heavy atom. The maximum Gasteiger partial charge on any atom is 0.293 e. The zero-order valence-corrected chi connectivity index (χ0v) is 18.3. The van der Waals surface area contributed by atoms with Crippen molar-refractivity contribution in [1.82, 2.24) is 10.1 Å². The van der Waals surface area contributed by atoms with Gasteiger partial charge in [0.2, 0.25) is 5.82 Å². The first-order chi connectivity index (χ1) is 13.6. The third-order valence-corrected chi connectivity index (χ3v) is 4.98. The van der Waals surface area contributed by atoms with Crippen molar-refractivity contribution in [2.24, 2.45) is 0 Å². The zero-order valence-electron chi connectivity index (χ0n) is 16.7. The highest BCUT2D eigenvalue weighted by Crippen LogP contribution is 2.33. The summed E-state index contributed by atoms with van der Waals surface area (Å²) in [6, 6.07) is 12.0. The normalized spacial score (nSPS) is 10.8. The first kappa shape index (κ1) is 20.3. The Hall–Kier alpha value is -2.44. The molecule has 0 aliphatic heterocycles. The molecular formula is C22H23BrN2O3. The van der Waals surface area contributed by atoms with Crippen LogP contribution in [0.25, 0.3) is 34.0 Å². The maximum atomic E-state index is 5.97. The van der Waals surface area contributed by atoms with Crippen LogP contribution in [-0.4, -0.2) is 17.3 Å². The highest BCUT2D eigenvalue weighted by molar-refractivity contribution is 9.10. The minimum absolute atomic E-state index is 0.364. The molecule has 0 radical (unpaired) electrons. The lowest BCUT2D eigenvalue weighted by Crippen LogP contribution is -1.89. The summed E-state index contributed by atoms with van der Waals surface area (Å²) in [5.74, 6) is 1.44. The molecule has 5 nitrogen and oxygen atoms in total. The number of fused-ring (bicyclic) bond motifs is 1. The van der Waals surface area contributed by atoms with E-state index >= 15 is 0 Å². The first-order valence-corrected chi connectivity index (χ1v) is 9.97. The van der Waals surface area contributed by atoms with Crippen molar-refractivity contribution < 1.29 is 13.7 Å². The molecule has 0 unspecified atom stereocenters. The van der Waals surface area contributed by atoms with E-state index < -0.39 is 0 Å². The largest absolute Gasteiger partial charge is 0.451 e. The number of aryl methyl sites for hydroxylation is 2. The average molecular weight is 443 g/mol. The monoisotopic (exact) mass is 442 g/mol. The number of furan rings is 1. The van der Waals surface area contributed by atoms with E-state index in [0.717, 1.165) is 37.7 Å². The van der Waals surface area contributed by atoms with Crippen LogP contribution in [0.3, 0.4) is 0 Å². The molecule has 0 amide bonds. The van der Waals surface area contributed by atoms with Crippen LogP contribution in [0, 0.1) is 13.8 Å². The number of nitrogens with zero attached hydrogens (tertiary/aromatic N) is 2. The van der Waals surface area contributed by atoms with Gasteiger partial charge in [-0.1, -0.05) is 53.1 Å². The van der Waals surface area contributed by atoms with E-state index in [1.807, 2.05) is 51.1 Å². The second kappa shape index (κ2) is 8.71. The topological polar surface area (TPSA) is 61.3 Å². The van der Waals surface area contributed by atoms with Gasteiger partial charge in [0.15, 0.2) is 5.76 Å². The Kier molecular flexibility index (Phi) is 6.31. The molecule has 28 heavy (non-hydrogen) atoms. The van der Waals surface area contributed by atoms with Crippen LogP contribution in [-0.2, 0) is 11.3 Å². The van der Waals surface area contributed by atoms with Crippen LogP contribution in [0.5, 0.6) is 0 Å². The Balaban J connectivity index is 0.00000109. The van der Waals surface area contributed by atoms with Gasteiger partial charge in [0, 0.05) is 22.5 Å². The Morgan fingerprint density at radius 1 is 1.04 bits per heavy atom.